The number of carbonyl (C=O) groups is 2. The predicted molar refractivity (Wildman–Crippen MR) is 138 cm³/mol. The van der Waals surface area contributed by atoms with E-state index in [1.54, 1.807) is 7.11 Å². The Labute approximate surface area is 219 Å². The quantitative estimate of drug-likeness (QED) is 0.404. The van der Waals surface area contributed by atoms with Crippen molar-refractivity contribution in [3.05, 3.63) is 46.6 Å². The molecule has 6 rings (SSSR count). The molecule has 9 atom stereocenters. The highest BCUT2D eigenvalue weighted by Gasteiger charge is 2.64. The molecule has 6 aliphatic rings. The summed E-state index contributed by atoms with van der Waals surface area (Å²) in [5.74, 6) is 0.0416. The Bertz CT molecular complexity index is 1170. The number of carbonyl (C=O) groups excluding carboxylic acids is 2. The second kappa shape index (κ2) is 8.16. The monoisotopic (exact) mass is 508 g/mol. The predicted octanol–water partition coefficient (Wildman–Crippen LogP) is 4.83. The highest BCUT2D eigenvalue weighted by atomic mass is 16.6. The number of cyclic esters (lactones) is 1. The SMILES string of the molecule is CO[C@H]1C[C@]2(C)[C@@H](C[C@]3(O)C=C4C=CC(=O)OC(C)(C)[C@@H]4CC[C@@H]23)C2=C1[C@H](C)[C@@H]1OC(=O)C(C)=C[C@@H]1C2. The van der Waals surface area contributed by atoms with Gasteiger partial charge in [0.25, 0.3) is 0 Å². The van der Waals surface area contributed by atoms with Gasteiger partial charge in [-0.25, -0.2) is 9.59 Å². The van der Waals surface area contributed by atoms with E-state index >= 15 is 0 Å². The van der Waals surface area contributed by atoms with Gasteiger partial charge < -0.3 is 19.3 Å². The van der Waals surface area contributed by atoms with Gasteiger partial charge >= 0.3 is 11.9 Å². The number of hydrogen-bond acceptors (Lipinski definition) is 6. The first-order valence-corrected chi connectivity index (χ1v) is 13.9. The molecule has 0 saturated heterocycles. The second-order valence-corrected chi connectivity index (χ2v) is 13.2. The molecule has 0 amide bonds. The lowest BCUT2D eigenvalue weighted by Gasteiger charge is -2.52. The van der Waals surface area contributed by atoms with Crippen molar-refractivity contribution >= 4 is 11.9 Å². The Kier molecular flexibility index (Phi) is 5.54. The fraction of sp³-hybridized carbons (Fsp3) is 0.677. The van der Waals surface area contributed by atoms with Gasteiger partial charge in [0.1, 0.15) is 11.7 Å². The summed E-state index contributed by atoms with van der Waals surface area (Å²) in [6, 6.07) is 0. The van der Waals surface area contributed by atoms with Crippen LogP contribution < -0.4 is 0 Å². The number of fused-ring (bicyclic) bond motifs is 6. The van der Waals surface area contributed by atoms with Crippen LogP contribution in [-0.2, 0) is 23.8 Å². The summed E-state index contributed by atoms with van der Waals surface area (Å²) in [4.78, 5) is 24.6. The molecule has 0 aromatic heterocycles. The van der Waals surface area contributed by atoms with Crippen LogP contribution in [0.4, 0.5) is 0 Å². The maximum absolute atomic E-state index is 12.4. The van der Waals surface area contributed by atoms with Crippen LogP contribution in [0.5, 0.6) is 0 Å². The van der Waals surface area contributed by atoms with Crippen molar-refractivity contribution in [2.45, 2.75) is 90.1 Å². The molecule has 0 aromatic carbocycles. The second-order valence-electron chi connectivity index (χ2n) is 13.2. The molecule has 0 bridgehead atoms. The van der Waals surface area contributed by atoms with Gasteiger partial charge in [0.05, 0.1) is 11.7 Å². The molecule has 4 aliphatic carbocycles. The van der Waals surface area contributed by atoms with Crippen LogP contribution in [0, 0.1) is 35.0 Å². The number of allylic oxidation sites excluding steroid dienone is 2. The minimum atomic E-state index is -0.969. The van der Waals surface area contributed by atoms with Gasteiger partial charge in [0.2, 0.25) is 0 Å². The van der Waals surface area contributed by atoms with Crippen molar-refractivity contribution in [3.8, 4) is 0 Å². The van der Waals surface area contributed by atoms with E-state index in [2.05, 4.69) is 26.0 Å². The zero-order valence-electron chi connectivity index (χ0n) is 22.9. The van der Waals surface area contributed by atoms with Crippen LogP contribution in [0.15, 0.2) is 46.6 Å². The van der Waals surface area contributed by atoms with E-state index in [9.17, 15) is 14.7 Å². The molecule has 1 N–H and O–H groups in total. The molecule has 0 unspecified atom stereocenters. The van der Waals surface area contributed by atoms with Crippen molar-refractivity contribution < 1.29 is 28.9 Å². The molecule has 0 aromatic rings. The summed E-state index contributed by atoms with van der Waals surface area (Å²) < 4.78 is 17.9. The van der Waals surface area contributed by atoms with E-state index in [1.165, 1.54) is 17.2 Å². The zero-order chi connectivity index (χ0) is 26.5. The van der Waals surface area contributed by atoms with Crippen molar-refractivity contribution in [3.63, 3.8) is 0 Å². The minimum absolute atomic E-state index is 0.0453. The largest absolute Gasteiger partial charge is 0.458 e. The molecule has 2 heterocycles. The van der Waals surface area contributed by atoms with E-state index in [-0.39, 0.29) is 59.2 Å². The van der Waals surface area contributed by atoms with Crippen molar-refractivity contribution in [1.29, 1.82) is 0 Å². The van der Waals surface area contributed by atoms with Gasteiger partial charge in [0, 0.05) is 36.5 Å². The molecule has 1 fully saturated rings. The number of hydrogen-bond donors (Lipinski definition) is 1. The highest BCUT2D eigenvalue weighted by Crippen LogP contribution is 2.66. The Morgan fingerprint density at radius 1 is 1.08 bits per heavy atom. The van der Waals surface area contributed by atoms with E-state index in [0.29, 0.717) is 12.0 Å². The van der Waals surface area contributed by atoms with Gasteiger partial charge in [-0.15, -0.1) is 0 Å². The third-order valence-corrected chi connectivity index (χ3v) is 10.8. The van der Waals surface area contributed by atoms with Gasteiger partial charge in [-0.1, -0.05) is 31.6 Å². The average Bonchev–Trinajstić information content (AvgIpc) is 2.89. The number of rotatable bonds is 1. The fourth-order valence-electron chi connectivity index (χ4n) is 9.23. The molecular formula is C31H40O6. The van der Waals surface area contributed by atoms with Gasteiger partial charge in [0.15, 0.2) is 0 Å². The number of methoxy groups -OCH3 is 1. The maximum atomic E-state index is 12.4. The van der Waals surface area contributed by atoms with E-state index in [4.69, 9.17) is 14.2 Å². The van der Waals surface area contributed by atoms with Crippen LogP contribution >= 0.6 is 0 Å². The summed E-state index contributed by atoms with van der Waals surface area (Å²) >= 11 is 0. The minimum Gasteiger partial charge on any atom is -0.458 e. The van der Waals surface area contributed by atoms with Gasteiger partial charge in [-0.3, -0.25) is 0 Å². The Morgan fingerprint density at radius 3 is 2.57 bits per heavy atom. The van der Waals surface area contributed by atoms with E-state index in [0.717, 1.165) is 31.3 Å². The van der Waals surface area contributed by atoms with E-state index < -0.39 is 11.2 Å². The Morgan fingerprint density at radius 2 is 1.84 bits per heavy atom. The number of ether oxygens (including phenoxy) is 3. The maximum Gasteiger partial charge on any atom is 0.333 e. The summed E-state index contributed by atoms with van der Waals surface area (Å²) in [6.45, 7) is 10.3. The Hall–Kier alpha value is -2.18. The highest BCUT2D eigenvalue weighted by molar-refractivity contribution is 5.89. The standard InChI is InChI=1S/C31H40O6/c1-16-11-19-12-20-22-14-31(34)13-18-7-10-25(32)37-29(3,4)21(18)8-9-24(31)30(22,5)15-23(35-6)26(20)17(2)27(19)36-28(16)33/h7,10-11,13,17,19,21-24,27,34H,8-9,12,14-15H2,1-6H3/t17-,19+,21+,22-,23-,24-,27-,30+,31+/m0/s1. The summed E-state index contributed by atoms with van der Waals surface area (Å²) in [5, 5.41) is 12.4. The molecule has 6 nitrogen and oxygen atoms in total. The normalized spacial score (nSPS) is 46.1. The molecule has 37 heavy (non-hydrogen) atoms. The zero-order valence-corrected chi connectivity index (χ0v) is 22.9. The molecule has 1 saturated carbocycles. The fourth-order valence-corrected chi connectivity index (χ4v) is 9.23. The third kappa shape index (κ3) is 3.58. The van der Waals surface area contributed by atoms with Gasteiger partial charge in [-0.2, -0.15) is 0 Å². The molecule has 6 heteroatoms. The Balaban J connectivity index is 1.44. The van der Waals surface area contributed by atoms with Crippen LogP contribution in [0.1, 0.15) is 66.7 Å². The van der Waals surface area contributed by atoms with Crippen LogP contribution in [0.2, 0.25) is 0 Å². The molecular weight excluding hydrogens is 468 g/mol. The summed E-state index contributed by atoms with van der Waals surface area (Å²) in [5.41, 5.74) is 2.66. The average molecular weight is 509 g/mol. The lowest BCUT2D eigenvalue weighted by molar-refractivity contribution is -0.153. The van der Waals surface area contributed by atoms with Crippen molar-refractivity contribution in [2.75, 3.05) is 7.11 Å². The van der Waals surface area contributed by atoms with Gasteiger partial charge in [-0.05, 0) is 87.3 Å². The van der Waals surface area contributed by atoms with Crippen molar-refractivity contribution in [1.82, 2.24) is 0 Å². The summed E-state index contributed by atoms with van der Waals surface area (Å²) in [6.07, 6.45) is 11.4. The number of aliphatic hydroxyl groups is 1. The van der Waals surface area contributed by atoms with Crippen LogP contribution in [-0.4, -0.2) is 47.6 Å². The van der Waals surface area contributed by atoms with Crippen molar-refractivity contribution in [2.24, 2.45) is 35.0 Å². The van der Waals surface area contributed by atoms with Crippen LogP contribution in [0.3, 0.4) is 0 Å². The molecule has 0 spiro atoms. The smallest absolute Gasteiger partial charge is 0.333 e. The molecule has 200 valence electrons. The first-order valence-electron chi connectivity index (χ1n) is 13.9. The third-order valence-electron chi connectivity index (χ3n) is 10.8. The first-order chi connectivity index (χ1) is 17.4. The summed E-state index contributed by atoms with van der Waals surface area (Å²) in [7, 11) is 1.78. The molecule has 0 radical (unpaired) electrons. The molecule has 2 aliphatic heterocycles. The van der Waals surface area contributed by atoms with E-state index in [1.807, 2.05) is 26.8 Å². The lowest BCUT2D eigenvalue weighted by atomic mass is 9.56. The topological polar surface area (TPSA) is 82.1 Å². The lowest BCUT2D eigenvalue weighted by Crippen LogP contribution is -2.49. The number of esters is 2. The van der Waals surface area contributed by atoms with Crippen LogP contribution in [0.25, 0.3) is 0 Å². The first kappa shape index (κ1) is 25.1.